The summed E-state index contributed by atoms with van der Waals surface area (Å²) in [6, 6.07) is 83.3. The standard InChI is InChI=1S/C72H58N4O2/c1-3-5-41-73(42-6-4-2)57-38-31-54-45-62(72(77)78-71(54)46-57)51-25-23-48(24-26-51)47-74-65-39-32-52(49-27-34-55(35-28-49)75-67-19-11-7-15-58(67)59-16-8-12-20-68(59)75)43-63(65)64-44-53(33-40-66(64)74)50-29-36-56(37-30-50)76-69-21-13-9-17-60(69)61-18-10-14-22-70(61)76/h7-40,43-46H,3-6,41-42,47H2,1-2H3. The molecule has 0 N–H and O–H groups in total. The first-order chi connectivity index (χ1) is 38.5. The van der Waals surface area contributed by atoms with Gasteiger partial charge in [-0.1, -0.05) is 160 Å². The van der Waals surface area contributed by atoms with E-state index in [0.717, 1.165) is 106 Å². The van der Waals surface area contributed by atoms with Crippen LogP contribution in [0, 0.1) is 0 Å². The van der Waals surface area contributed by atoms with Gasteiger partial charge in [0.1, 0.15) is 5.58 Å². The third-order valence-electron chi connectivity index (χ3n) is 16.2. The van der Waals surface area contributed by atoms with Gasteiger partial charge in [0.05, 0.1) is 27.6 Å². The van der Waals surface area contributed by atoms with E-state index in [4.69, 9.17) is 4.42 Å². The average molecular weight is 1010 g/mol. The summed E-state index contributed by atoms with van der Waals surface area (Å²) in [6.07, 6.45) is 4.53. The van der Waals surface area contributed by atoms with Crippen LogP contribution in [0.3, 0.4) is 0 Å². The molecule has 0 bridgehead atoms. The van der Waals surface area contributed by atoms with Crippen LogP contribution < -0.4 is 10.5 Å². The molecule has 0 unspecified atom stereocenters. The van der Waals surface area contributed by atoms with Crippen molar-refractivity contribution < 1.29 is 4.42 Å². The molecule has 0 aliphatic rings. The van der Waals surface area contributed by atoms with Crippen molar-refractivity contribution in [1.82, 2.24) is 13.7 Å². The number of benzene rings is 10. The topological polar surface area (TPSA) is 48.2 Å². The SMILES string of the molecule is CCCCN(CCCC)c1ccc2cc(-c3ccc(Cn4c5ccc(-c6ccc(-n7c8ccccc8c8ccccc87)cc6)cc5c5cc(-c6ccc(-n7c8ccccc8c8ccccc87)cc6)ccc54)cc3)c(=O)oc2c1. The summed E-state index contributed by atoms with van der Waals surface area (Å²) in [5, 5.41) is 8.34. The van der Waals surface area contributed by atoms with Crippen molar-refractivity contribution in [2.75, 3.05) is 18.0 Å². The van der Waals surface area contributed by atoms with E-state index < -0.39 is 0 Å². The second-order valence-electron chi connectivity index (χ2n) is 20.9. The Balaban J connectivity index is 0.823. The van der Waals surface area contributed by atoms with Crippen LogP contribution in [0.25, 0.3) is 121 Å². The first kappa shape index (κ1) is 47.1. The molecule has 10 aromatic carbocycles. The molecule has 0 radical (unpaired) electrons. The Morgan fingerprint density at radius 3 is 1.29 bits per heavy atom. The number of aromatic nitrogens is 3. The van der Waals surface area contributed by atoms with Crippen LogP contribution in [0.5, 0.6) is 0 Å². The van der Waals surface area contributed by atoms with E-state index in [-0.39, 0.29) is 5.63 Å². The number of para-hydroxylation sites is 4. The third kappa shape index (κ3) is 8.15. The first-order valence-corrected chi connectivity index (χ1v) is 27.7. The predicted molar refractivity (Wildman–Crippen MR) is 328 cm³/mol. The third-order valence-corrected chi connectivity index (χ3v) is 16.2. The minimum atomic E-state index is -0.322. The lowest BCUT2D eigenvalue weighted by atomic mass is 10.00. The molecule has 78 heavy (non-hydrogen) atoms. The summed E-state index contributed by atoms with van der Waals surface area (Å²) < 4.78 is 13.2. The number of fused-ring (bicyclic) bond motifs is 10. The summed E-state index contributed by atoms with van der Waals surface area (Å²) >= 11 is 0. The summed E-state index contributed by atoms with van der Waals surface area (Å²) in [5.41, 5.74) is 18.0. The van der Waals surface area contributed by atoms with Gasteiger partial charge in [0.2, 0.25) is 0 Å². The van der Waals surface area contributed by atoms with Crippen LogP contribution in [0.15, 0.2) is 240 Å². The molecular weight excluding hydrogens is 953 g/mol. The van der Waals surface area contributed by atoms with E-state index >= 15 is 0 Å². The molecule has 0 saturated heterocycles. The molecule has 0 amide bonds. The van der Waals surface area contributed by atoms with E-state index in [2.05, 4.69) is 251 Å². The highest BCUT2D eigenvalue weighted by atomic mass is 16.4. The average Bonchev–Trinajstić information content (AvgIpc) is 4.34. The first-order valence-electron chi connectivity index (χ1n) is 27.7. The minimum Gasteiger partial charge on any atom is -0.422 e. The predicted octanol–water partition coefficient (Wildman–Crippen LogP) is 18.6. The smallest absolute Gasteiger partial charge is 0.344 e. The van der Waals surface area contributed by atoms with E-state index in [1.165, 1.54) is 54.4 Å². The van der Waals surface area contributed by atoms with Gasteiger partial charge in [-0.2, -0.15) is 0 Å². The van der Waals surface area contributed by atoms with Crippen molar-refractivity contribution in [1.29, 1.82) is 0 Å². The Kier molecular flexibility index (Phi) is 11.9. The van der Waals surface area contributed by atoms with Gasteiger partial charge in [-0.25, -0.2) is 4.79 Å². The number of anilines is 1. The second kappa shape index (κ2) is 19.6. The maximum atomic E-state index is 13.7. The zero-order valence-electron chi connectivity index (χ0n) is 44.0. The molecule has 6 nitrogen and oxygen atoms in total. The highest BCUT2D eigenvalue weighted by molar-refractivity contribution is 6.12. The van der Waals surface area contributed by atoms with Gasteiger partial charge < -0.3 is 23.0 Å². The molecular formula is C72H58N4O2. The molecule has 0 saturated carbocycles. The highest BCUT2D eigenvalue weighted by Gasteiger charge is 2.18. The van der Waals surface area contributed by atoms with Crippen molar-refractivity contribution >= 4 is 82.1 Å². The van der Waals surface area contributed by atoms with E-state index in [1.807, 2.05) is 12.1 Å². The fraction of sp³-hybridized carbons (Fsp3) is 0.125. The Morgan fingerprint density at radius 1 is 0.397 bits per heavy atom. The van der Waals surface area contributed by atoms with Crippen LogP contribution >= 0.6 is 0 Å². The fourth-order valence-corrected chi connectivity index (χ4v) is 12.2. The summed E-state index contributed by atoms with van der Waals surface area (Å²) in [6.45, 7) is 7.09. The van der Waals surface area contributed by atoms with Crippen molar-refractivity contribution in [3.8, 4) is 44.8 Å². The molecule has 0 aliphatic heterocycles. The molecule has 14 rings (SSSR count). The molecule has 0 aliphatic carbocycles. The normalized spacial score (nSPS) is 11.9. The molecule has 14 aromatic rings. The Morgan fingerprint density at radius 2 is 0.833 bits per heavy atom. The van der Waals surface area contributed by atoms with Crippen LogP contribution in [0.4, 0.5) is 5.69 Å². The molecule has 4 aromatic heterocycles. The van der Waals surface area contributed by atoms with Gasteiger partial charge in [-0.3, -0.25) is 0 Å². The second-order valence-corrected chi connectivity index (χ2v) is 20.9. The lowest BCUT2D eigenvalue weighted by Gasteiger charge is -2.24. The summed E-state index contributed by atoms with van der Waals surface area (Å²) in [4.78, 5) is 16.1. The number of nitrogens with zero attached hydrogens (tertiary/aromatic N) is 4. The van der Waals surface area contributed by atoms with Gasteiger partial charge in [0.15, 0.2) is 0 Å². The lowest BCUT2D eigenvalue weighted by Crippen LogP contribution is -2.25. The van der Waals surface area contributed by atoms with Crippen molar-refractivity contribution in [3.05, 3.63) is 247 Å². The number of hydrogen-bond acceptors (Lipinski definition) is 3. The van der Waals surface area contributed by atoms with Gasteiger partial charge in [0, 0.05) is 91.5 Å². The van der Waals surface area contributed by atoms with Gasteiger partial charge >= 0.3 is 5.63 Å². The quantitative estimate of drug-likeness (QED) is 0.102. The summed E-state index contributed by atoms with van der Waals surface area (Å²) in [7, 11) is 0. The number of rotatable bonds is 14. The Labute approximate surface area is 453 Å². The summed E-state index contributed by atoms with van der Waals surface area (Å²) in [5.74, 6) is 0. The van der Waals surface area contributed by atoms with Gasteiger partial charge in [-0.15, -0.1) is 0 Å². The minimum absolute atomic E-state index is 0.322. The number of hydrogen-bond donors (Lipinski definition) is 0. The van der Waals surface area contributed by atoms with Crippen LogP contribution in [-0.2, 0) is 6.54 Å². The van der Waals surface area contributed by atoms with Crippen molar-refractivity contribution in [3.63, 3.8) is 0 Å². The maximum absolute atomic E-state index is 13.7. The zero-order chi connectivity index (χ0) is 52.3. The van der Waals surface area contributed by atoms with Crippen molar-refractivity contribution in [2.24, 2.45) is 0 Å². The lowest BCUT2D eigenvalue weighted by molar-refractivity contribution is 0.563. The van der Waals surface area contributed by atoms with Crippen LogP contribution in [0.2, 0.25) is 0 Å². The Hall–Kier alpha value is -9.39. The highest BCUT2D eigenvalue weighted by Crippen LogP contribution is 2.39. The molecule has 4 heterocycles. The molecule has 0 fully saturated rings. The fourth-order valence-electron chi connectivity index (χ4n) is 12.2. The van der Waals surface area contributed by atoms with Crippen molar-refractivity contribution in [2.45, 2.75) is 46.1 Å². The van der Waals surface area contributed by atoms with Crippen LogP contribution in [0.1, 0.15) is 45.1 Å². The van der Waals surface area contributed by atoms with Gasteiger partial charge in [0.25, 0.3) is 0 Å². The molecule has 378 valence electrons. The van der Waals surface area contributed by atoms with E-state index in [9.17, 15) is 4.79 Å². The maximum Gasteiger partial charge on any atom is 0.344 e. The van der Waals surface area contributed by atoms with Gasteiger partial charge in [-0.05, 0) is 137 Å². The molecule has 0 atom stereocenters. The largest absolute Gasteiger partial charge is 0.422 e. The Bertz CT molecular complexity index is 4300. The van der Waals surface area contributed by atoms with Crippen LogP contribution in [-0.4, -0.2) is 26.8 Å². The molecule has 0 spiro atoms. The molecule has 6 heteroatoms. The van der Waals surface area contributed by atoms with E-state index in [0.29, 0.717) is 17.7 Å². The monoisotopic (exact) mass is 1010 g/mol. The zero-order valence-corrected chi connectivity index (χ0v) is 44.0. The van der Waals surface area contributed by atoms with E-state index in [1.54, 1.807) is 0 Å². The number of unbranched alkanes of at least 4 members (excludes halogenated alkanes) is 2.